The Balaban J connectivity index is 1.69. The highest BCUT2D eigenvalue weighted by atomic mass is 79.9. The van der Waals surface area contributed by atoms with Crippen molar-refractivity contribution >= 4 is 21.8 Å². The van der Waals surface area contributed by atoms with Gasteiger partial charge in [-0.25, -0.2) is 4.39 Å². The summed E-state index contributed by atoms with van der Waals surface area (Å²) in [4.78, 5) is 16.8. The zero-order valence-electron chi connectivity index (χ0n) is 12.0. The van der Waals surface area contributed by atoms with Crippen molar-refractivity contribution < 1.29 is 9.18 Å². The van der Waals surface area contributed by atoms with Crippen LogP contribution in [0.5, 0.6) is 0 Å². The van der Waals surface area contributed by atoms with Crippen LogP contribution < -0.4 is 0 Å². The molecular weight excluding hydrogens is 335 g/mol. The Morgan fingerprint density at radius 2 is 1.95 bits per heavy atom. The summed E-state index contributed by atoms with van der Waals surface area (Å²) >= 11 is 3.29. The number of halogens is 2. The average molecular weight is 355 g/mol. The number of rotatable bonds is 2. The van der Waals surface area contributed by atoms with E-state index >= 15 is 0 Å². The second-order valence-corrected chi connectivity index (χ2v) is 6.74. The van der Waals surface area contributed by atoms with Gasteiger partial charge in [0.15, 0.2) is 0 Å². The normalized spacial score (nSPS) is 23.5. The predicted molar refractivity (Wildman–Crippen MR) is 83.8 cm³/mol. The number of piperidine rings is 1. The molecule has 5 heteroatoms. The summed E-state index contributed by atoms with van der Waals surface area (Å²) in [5.74, 6) is -0.643. The SMILES string of the molecule is O=C(c1c(F)cccc1Br)N1CCC(N2CCCCC2)C1. The second-order valence-electron chi connectivity index (χ2n) is 5.89. The molecule has 0 spiro atoms. The molecule has 2 saturated heterocycles. The first-order chi connectivity index (χ1) is 10.2. The summed E-state index contributed by atoms with van der Waals surface area (Å²) in [6.45, 7) is 3.71. The van der Waals surface area contributed by atoms with E-state index in [0.717, 1.165) is 32.6 Å². The third kappa shape index (κ3) is 3.14. The third-order valence-electron chi connectivity index (χ3n) is 4.53. The number of hydrogen-bond donors (Lipinski definition) is 0. The fourth-order valence-electron chi connectivity index (χ4n) is 3.37. The van der Waals surface area contributed by atoms with E-state index < -0.39 is 5.82 Å². The lowest BCUT2D eigenvalue weighted by Gasteiger charge is -2.32. The van der Waals surface area contributed by atoms with Crippen molar-refractivity contribution in [3.63, 3.8) is 0 Å². The molecule has 2 heterocycles. The molecule has 3 rings (SSSR count). The summed E-state index contributed by atoms with van der Waals surface area (Å²) < 4.78 is 14.5. The van der Waals surface area contributed by atoms with Crippen molar-refractivity contribution in [3.05, 3.63) is 34.1 Å². The molecule has 3 nitrogen and oxygen atoms in total. The molecule has 1 unspecified atom stereocenters. The number of carbonyl (C=O) groups excluding carboxylic acids is 1. The number of benzene rings is 1. The highest BCUT2D eigenvalue weighted by Gasteiger charge is 2.32. The number of nitrogens with zero attached hydrogens (tertiary/aromatic N) is 2. The second kappa shape index (κ2) is 6.44. The molecule has 21 heavy (non-hydrogen) atoms. The first kappa shape index (κ1) is 15.0. The molecule has 2 aliphatic rings. The maximum atomic E-state index is 13.9. The van der Waals surface area contributed by atoms with Gasteiger partial charge in [-0.05, 0) is 60.4 Å². The van der Waals surface area contributed by atoms with Crippen LogP contribution in [0.15, 0.2) is 22.7 Å². The lowest BCUT2D eigenvalue weighted by Crippen LogP contribution is -2.41. The quantitative estimate of drug-likeness (QED) is 0.813. The maximum Gasteiger partial charge on any atom is 0.258 e. The van der Waals surface area contributed by atoms with Gasteiger partial charge in [0, 0.05) is 23.6 Å². The molecule has 114 valence electrons. The van der Waals surface area contributed by atoms with Crippen molar-refractivity contribution in [1.29, 1.82) is 0 Å². The molecule has 1 atom stereocenters. The topological polar surface area (TPSA) is 23.6 Å². The molecule has 0 aliphatic carbocycles. The van der Waals surface area contributed by atoms with Gasteiger partial charge >= 0.3 is 0 Å². The lowest BCUT2D eigenvalue weighted by molar-refractivity contribution is 0.0766. The van der Waals surface area contributed by atoms with Crippen LogP contribution in [-0.4, -0.2) is 47.9 Å². The Morgan fingerprint density at radius 3 is 2.67 bits per heavy atom. The Labute approximate surface area is 133 Å². The van der Waals surface area contributed by atoms with Crippen LogP contribution in [-0.2, 0) is 0 Å². The van der Waals surface area contributed by atoms with Crippen LogP contribution in [0.2, 0.25) is 0 Å². The molecule has 2 fully saturated rings. The first-order valence-electron chi connectivity index (χ1n) is 7.64. The molecule has 0 bridgehead atoms. The van der Waals surface area contributed by atoms with E-state index in [1.54, 1.807) is 17.0 Å². The van der Waals surface area contributed by atoms with Gasteiger partial charge < -0.3 is 4.90 Å². The summed E-state index contributed by atoms with van der Waals surface area (Å²) in [5.41, 5.74) is 0.164. The summed E-state index contributed by atoms with van der Waals surface area (Å²) in [6, 6.07) is 5.11. The Morgan fingerprint density at radius 1 is 1.19 bits per heavy atom. The minimum atomic E-state index is -0.448. The van der Waals surface area contributed by atoms with E-state index in [0.29, 0.717) is 10.5 Å². The highest BCUT2D eigenvalue weighted by molar-refractivity contribution is 9.10. The van der Waals surface area contributed by atoms with Crippen molar-refractivity contribution in [2.24, 2.45) is 0 Å². The van der Waals surface area contributed by atoms with Gasteiger partial charge in [-0.1, -0.05) is 12.5 Å². The summed E-state index contributed by atoms with van der Waals surface area (Å²) in [6.07, 6.45) is 4.82. The van der Waals surface area contributed by atoms with Gasteiger partial charge in [0.25, 0.3) is 5.91 Å². The zero-order valence-corrected chi connectivity index (χ0v) is 13.6. The lowest BCUT2D eigenvalue weighted by atomic mass is 10.1. The largest absolute Gasteiger partial charge is 0.337 e. The maximum absolute atomic E-state index is 13.9. The van der Waals surface area contributed by atoms with Gasteiger partial charge in [-0.15, -0.1) is 0 Å². The highest BCUT2D eigenvalue weighted by Crippen LogP contribution is 2.25. The van der Waals surface area contributed by atoms with Gasteiger partial charge in [0.1, 0.15) is 5.82 Å². The van der Waals surface area contributed by atoms with E-state index in [1.165, 1.54) is 25.3 Å². The van der Waals surface area contributed by atoms with Crippen molar-refractivity contribution in [3.8, 4) is 0 Å². The van der Waals surface area contributed by atoms with Crippen molar-refractivity contribution in [1.82, 2.24) is 9.80 Å². The number of likely N-dealkylation sites (tertiary alicyclic amines) is 2. The fourth-order valence-corrected chi connectivity index (χ4v) is 3.88. The summed E-state index contributed by atoms with van der Waals surface area (Å²) in [7, 11) is 0. The van der Waals surface area contributed by atoms with E-state index in [-0.39, 0.29) is 11.5 Å². The smallest absolute Gasteiger partial charge is 0.258 e. The van der Waals surface area contributed by atoms with Gasteiger partial charge in [-0.2, -0.15) is 0 Å². The fraction of sp³-hybridized carbons (Fsp3) is 0.562. The molecule has 2 aliphatic heterocycles. The van der Waals surface area contributed by atoms with Crippen LogP contribution in [0.1, 0.15) is 36.0 Å². The van der Waals surface area contributed by atoms with E-state index in [9.17, 15) is 9.18 Å². The standard InChI is InChI=1S/C16H20BrFN2O/c17-13-5-4-6-14(18)15(13)16(21)20-10-7-12(11-20)19-8-2-1-3-9-19/h4-6,12H,1-3,7-11H2. The minimum absolute atomic E-state index is 0.164. The van der Waals surface area contributed by atoms with Crippen LogP contribution in [0, 0.1) is 5.82 Å². The molecular formula is C16H20BrFN2O. The monoisotopic (exact) mass is 354 g/mol. The Bertz CT molecular complexity index is 511. The number of carbonyl (C=O) groups is 1. The van der Waals surface area contributed by atoms with Crippen LogP contribution in [0.25, 0.3) is 0 Å². The minimum Gasteiger partial charge on any atom is -0.337 e. The number of amides is 1. The van der Waals surface area contributed by atoms with E-state index in [4.69, 9.17) is 0 Å². The molecule has 0 aromatic heterocycles. The molecule has 1 aromatic carbocycles. The Kier molecular flexibility index (Phi) is 4.60. The first-order valence-corrected chi connectivity index (χ1v) is 8.43. The molecule has 0 radical (unpaired) electrons. The van der Waals surface area contributed by atoms with Gasteiger partial charge in [-0.3, -0.25) is 9.69 Å². The molecule has 0 saturated carbocycles. The predicted octanol–water partition coefficient (Wildman–Crippen LogP) is 3.29. The molecule has 1 amide bonds. The van der Waals surface area contributed by atoms with Crippen molar-refractivity contribution in [2.75, 3.05) is 26.2 Å². The summed E-state index contributed by atoms with van der Waals surface area (Å²) in [5, 5.41) is 0. The average Bonchev–Trinajstić information content (AvgIpc) is 2.97. The van der Waals surface area contributed by atoms with Gasteiger partial charge in [0.2, 0.25) is 0 Å². The molecule has 1 aromatic rings. The van der Waals surface area contributed by atoms with Crippen LogP contribution in [0.3, 0.4) is 0 Å². The van der Waals surface area contributed by atoms with E-state index in [2.05, 4.69) is 20.8 Å². The number of hydrogen-bond acceptors (Lipinski definition) is 2. The third-order valence-corrected chi connectivity index (χ3v) is 5.20. The van der Waals surface area contributed by atoms with E-state index in [1.807, 2.05) is 0 Å². The van der Waals surface area contributed by atoms with Crippen LogP contribution in [0.4, 0.5) is 4.39 Å². The van der Waals surface area contributed by atoms with Crippen molar-refractivity contribution in [2.45, 2.75) is 31.7 Å². The van der Waals surface area contributed by atoms with Gasteiger partial charge in [0.05, 0.1) is 5.56 Å². The molecule has 0 N–H and O–H groups in total. The zero-order chi connectivity index (χ0) is 14.8. The Hall–Kier alpha value is -0.940. The van der Waals surface area contributed by atoms with Crippen LogP contribution >= 0.6 is 15.9 Å².